The van der Waals surface area contributed by atoms with E-state index in [1.807, 2.05) is 0 Å². The van der Waals surface area contributed by atoms with Gasteiger partial charge in [0, 0.05) is 10.5 Å². The minimum Gasteiger partial charge on any atom is -0.505 e. The lowest BCUT2D eigenvalue weighted by molar-refractivity contribution is -0.252. The van der Waals surface area contributed by atoms with Crippen molar-refractivity contribution in [2.45, 2.75) is 30.6 Å². The summed E-state index contributed by atoms with van der Waals surface area (Å²) in [5, 5.41) is 55.1. The van der Waals surface area contributed by atoms with E-state index < -0.39 is 60.2 Å². The van der Waals surface area contributed by atoms with E-state index in [4.69, 9.17) is 9.84 Å². The normalized spacial score (nSPS) is 26.9. The molecule has 3 unspecified atom stereocenters. The van der Waals surface area contributed by atoms with Gasteiger partial charge < -0.3 is 35.6 Å². The second-order valence-corrected chi connectivity index (χ2v) is 7.25. The number of amides is 1. The zero-order valence-electron chi connectivity index (χ0n) is 14.7. The van der Waals surface area contributed by atoms with Crippen molar-refractivity contribution in [3.05, 3.63) is 50.9 Å². The van der Waals surface area contributed by atoms with E-state index in [1.54, 1.807) is 24.3 Å². The number of nitrogens with zero attached hydrogens (tertiary/aromatic N) is 2. The minimum atomic E-state index is -1.74. The quantitative estimate of drug-likeness (QED) is 0.301. The Morgan fingerprint density at radius 3 is 2.48 bits per heavy atom. The highest BCUT2D eigenvalue weighted by molar-refractivity contribution is 9.10. The molecule has 0 saturated carbocycles. The minimum absolute atomic E-state index is 0.328. The molecular formula is C17H18BrN3O8. The van der Waals surface area contributed by atoms with Gasteiger partial charge in [0.05, 0.1) is 12.3 Å². The molecule has 0 radical (unpaired) electrons. The van der Waals surface area contributed by atoms with Crippen molar-refractivity contribution in [2.24, 2.45) is 0 Å². The number of aliphatic hydroxyl groups excluding tert-OH is 4. The van der Waals surface area contributed by atoms with E-state index >= 15 is 0 Å². The maximum Gasteiger partial charge on any atom is 0.276 e. The van der Waals surface area contributed by atoms with Crippen LogP contribution in [-0.2, 0) is 4.74 Å². The molecule has 0 spiro atoms. The van der Waals surface area contributed by atoms with E-state index in [9.17, 15) is 30.0 Å². The maximum absolute atomic E-state index is 12.6. The lowest BCUT2D eigenvalue weighted by atomic mass is 9.97. The molecule has 29 heavy (non-hydrogen) atoms. The van der Waals surface area contributed by atoms with Gasteiger partial charge in [-0.2, -0.15) is 9.78 Å². The first kappa shape index (κ1) is 21.4. The molecule has 1 saturated heterocycles. The molecule has 11 nitrogen and oxygen atoms in total. The topological polar surface area (TPSA) is 174 Å². The molecule has 5 atom stereocenters. The average Bonchev–Trinajstić information content (AvgIpc) is 2.69. The fourth-order valence-corrected chi connectivity index (χ4v) is 3.11. The van der Waals surface area contributed by atoms with Gasteiger partial charge in [-0.25, -0.2) is 0 Å². The molecule has 6 N–H and O–H groups in total. The van der Waals surface area contributed by atoms with Crippen LogP contribution in [0.2, 0.25) is 0 Å². The van der Waals surface area contributed by atoms with Gasteiger partial charge in [0.15, 0.2) is 17.7 Å². The first-order chi connectivity index (χ1) is 13.7. The molecule has 156 valence electrons. The number of nitrogens with one attached hydrogen (secondary N) is 1. The molecule has 1 fully saturated rings. The predicted molar refractivity (Wildman–Crippen MR) is 100 cm³/mol. The van der Waals surface area contributed by atoms with Crippen LogP contribution in [0.1, 0.15) is 10.5 Å². The van der Waals surface area contributed by atoms with Crippen LogP contribution in [0.5, 0.6) is 5.75 Å². The highest BCUT2D eigenvalue weighted by Crippen LogP contribution is 2.21. The van der Waals surface area contributed by atoms with Crippen LogP contribution >= 0.6 is 15.9 Å². The largest absolute Gasteiger partial charge is 0.505 e. The summed E-state index contributed by atoms with van der Waals surface area (Å²) in [6.07, 6.45) is -6.22. The van der Waals surface area contributed by atoms with Crippen LogP contribution in [-0.4, -0.2) is 78.5 Å². The summed E-state index contributed by atoms with van der Waals surface area (Å²) in [5.74, 6) is -1.75. The van der Waals surface area contributed by atoms with E-state index in [2.05, 4.69) is 26.3 Å². The summed E-state index contributed by atoms with van der Waals surface area (Å²) in [6.45, 7) is -0.656. The van der Waals surface area contributed by atoms with E-state index in [1.165, 1.54) is 0 Å². The van der Waals surface area contributed by atoms with Crippen LogP contribution in [0, 0.1) is 0 Å². The van der Waals surface area contributed by atoms with Gasteiger partial charge in [0.1, 0.15) is 24.4 Å². The first-order valence-corrected chi connectivity index (χ1v) is 9.23. The third-order valence-electron chi connectivity index (χ3n) is 4.40. The SMILES string of the molecule is O=C(NC1C(O)O[C@H](CO)C(O)[C@@H]1O)c1nn(-c2ccc(Br)cc2)c(=O)cc1O. The van der Waals surface area contributed by atoms with Gasteiger partial charge in [-0.1, -0.05) is 15.9 Å². The molecule has 0 bridgehead atoms. The average molecular weight is 472 g/mol. The Morgan fingerprint density at radius 2 is 1.86 bits per heavy atom. The van der Waals surface area contributed by atoms with Crippen molar-refractivity contribution >= 4 is 21.8 Å². The van der Waals surface area contributed by atoms with Gasteiger partial charge in [-0.05, 0) is 24.3 Å². The summed E-state index contributed by atoms with van der Waals surface area (Å²) in [6, 6.07) is 5.75. The number of benzene rings is 1. The van der Waals surface area contributed by atoms with Crippen LogP contribution in [0.15, 0.2) is 39.6 Å². The molecule has 0 aliphatic carbocycles. The first-order valence-electron chi connectivity index (χ1n) is 8.43. The Morgan fingerprint density at radius 1 is 1.21 bits per heavy atom. The van der Waals surface area contributed by atoms with E-state index in [0.29, 0.717) is 5.69 Å². The number of carbonyl (C=O) groups excluding carboxylic acids is 1. The van der Waals surface area contributed by atoms with Crippen LogP contribution in [0.25, 0.3) is 5.69 Å². The molecule has 12 heteroatoms. The van der Waals surface area contributed by atoms with Crippen LogP contribution in [0.3, 0.4) is 0 Å². The molecule has 1 amide bonds. The number of carbonyl (C=O) groups is 1. The summed E-state index contributed by atoms with van der Waals surface area (Å²) in [7, 11) is 0. The van der Waals surface area contributed by atoms with Crippen molar-refractivity contribution < 1.29 is 35.1 Å². The number of aliphatic hydroxyl groups is 4. The number of hydrogen-bond donors (Lipinski definition) is 6. The summed E-state index contributed by atoms with van der Waals surface area (Å²) in [5.41, 5.74) is -0.913. The molecule has 1 aliphatic heterocycles. The summed E-state index contributed by atoms with van der Waals surface area (Å²) in [4.78, 5) is 24.7. The number of aromatic hydroxyl groups is 1. The van der Waals surface area contributed by atoms with Gasteiger partial charge in [-0.3, -0.25) is 9.59 Å². The number of ether oxygens (including phenoxy) is 1. The van der Waals surface area contributed by atoms with E-state index in [-0.39, 0.29) is 0 Å². The van der Waals surface area contributed by atoms with Gasteiger partial charge in [0.25, 0.3) is 11.5 Å². The van der Waals surface area contributed by atoms with Gasteiger partial charge in [0.2, 0.25) is 0 Å². The summed E-state index contributed by atoms with van der Waals surface area (Å²) >= 11 is 3.26. The van der Waals surface area contributed by atoms with E-state index in [0.717, 1.165) is 15.2 Å². The van der Waals surface area contributed by atoms with Crippen LogP contribution < -0.4 is 10.9 Å². The van der Waals surface area contributed by atoms with Crippen molar-refractivity contribution in [3.63, 3.8) is 0 Å². The van der Waals surface area contributed by atoms with Crippen molar-refractivity contribution in [1.29, 1.82) is 0 Å². The van der Waals surface area contributed by atoms with Gasteiger partial charge >= 0.3 is 0 Å². The lowest BCUT2D eigenvalue weighted by Gasteiger charge is -2.40. The third-order valence-corrected chi connectivity index (χ3v) is 4.92. The molecule has 1 aromatic carbocycles. The van der Waals surface area contributed by atoms with Gasteiger partial charge in [-0.15, -0.1) is 0 Å². The Kier molecular flexibility index (Phi) is 6.31. The molecule has 1 aromatic heterocycles. The zero-order chi connectivity index (χ0) is 21.3. The Labute approximate surface area is 171 Å². The monoisotopic (exact) mass is 471 g/mol. The number of hydrogen-bond acceptors (Lipinski definition) is 9. The zero-order valence-corrected chi connectivity index (χ0v) is 16.3. The smallest absolute Gasteiger partial charge is 0.276 e. The molecule has 3 rings (SSSR count). The molecule has 2 heterocycles. The maximum atomic E-state index is 12.6. The summed E-state index contributed by atoms with van der Waals surface area (Å²) < 4.78 is 6.61. The highest BCUT2D eigenvalue weighted by Gasteiger charge is 2.44. The third kappa shape index (κ3) is 4.32. The highest BCUT2D eigenvalue weighted by atomic mass is 79.9. The van der Waals surface area contributed by atoms with Crippen molar-refractivity contribution in [3.8, 4) is 11.4 Å². The fraction of sp³-hybridized carbons (Fsp3) is 0.353. The second-order valence-electron chi connectivity index (χ2n) is 6.33. The van der Waals surface area contributed by atoms with Crippen molar-refractivity contribution in [2.75, 3.05) is 6.61 Å². The number of aromatic nitrogens is 2. The predicted octanol–water partition coefficient (Wildman–Crippen LogP) is -1.77. The number of halogens is 1. The Balaban J connectivity index is 1.88. The number of rotatable bonds is 4. The lowest BCUT2D eigenvalue weighted by Crippen LogP contribution is -2.64. The molecular weight excluding hydrogens is 454 g/mol. The second kappa shape index (κ2) is 8.57. The Bertz CT molecular complexity index is 951. The van der Waals surface area contributed by atoms with Crippen molar-refractivity contribution in [1.82, 2.24) is 15.1 Å². The fourth-order valence-electron chi connectivity index (χ4n) is 2.85. The van der Waals surface area contributed by atoms with Crippen LogP contribution in [0.4, 0.5) is 0 Å². The molecule has 1 aliphatic rings. The standard InChI is InChI=1S/C17H18BrN3O8/c18-7-1-3-8(4-2-7)21-11(24)5-9(23)12(20-21)16(27)19-13-15(26)14(25)10(6-22)29-17(13)28/h1-5,10,13-15,17,22-23,25-26,28H,6H2,(H,19,27)/t10-,13?,14?,15-,17?/m1/s1. The molecule has 2 aromatic rings. The Hall–Kier alpha value is -2.35.